The summed E-state index contributed by atoms with van der Waals surface area (Å²) in [5.74, 6) is -4.73. The minimum atomic E-state index is -2.35. The second kappa shape index (κ2) is 13.8. The first-order valence-corrected chi connectivity index (χ1v) is 14.6. The molecule has 43 heavy (non-hydrogen) atoms. The molecule has 1 amide bonds. The fourth-order valence-electron chi connectivity index (χ4n) is 5.81. The Morgan fingerprint density at radius 2 is 1.72 bits per heavy atom. The Labute approximate surface area is 253 Å². The van der Waals surface area contributed by atoms with E-state index in [1.807, 2.05) is 12.1 Å². The maximum absolute atomic E-state index is 16.5. The number of carbonyl (C=O) groups is 3. The summed E-state index contributed by atoms with van der Waals surface area (Å²) in [7, 11) is 1.24. The normalized spacial score (nSPS) is 16.7. The zero-order valence-corrected chi connectivity index (χ0v) is 26.1. The van der Waals surface area contributed by atoms with Gasteiger partial charge in [0.25, 0.3) is 0 Å². The lowest BCUT2D eigenvalue weighted by atomic mass is 9.65. The van der Waals surface area contributed by atoms with E-state index in [1.165, 1.54) is 40.0 Å². The minimum absolute atomic E-state index is 0.0641. The van der Waals surface area contributed by atoms with E-state index < -0.39 is 46.5 Å². The van der Waals surface area contributed by atoms with E-state index in [4.69, 9.17) is 14.5 Å². The first-order chi connectivity index (χ1) is 20.1. The van der Waals surface area contributed by atoms with Gasteiger partial charge < -0.3 is 9.53 Å². The molecule has 3 rings (SSSR count). The minimum Gasteiger partial charge on any atom is -0.444 e. The SMILES string of the molecule is CC(C=O)[C@@](C(=O)OOCc1ccccc1)(C(c1ccc(C2=CCCCC2)c(F)c1)C(C)(C)F)N(C)C(=O)OC(C)(C)C. The molecule has 9 heteroatoms. The molecule has 0 saturated heterocycles. The van der Waals surface area contributed by atoms with Crippen LogP contribution >= 0.6 is 0 Å². The molecule has 1 aliphatic rings. The summed E-state index contributed by atoms with van der Waals surface area (Å²) in [5.41, 5.74) is -3.63. The van der Waals surface area contributed by atoms with E-state index in [0.29, 0.717) is 23.8 Å². The molecule has 0 heterocycles. The van der Waals surface area contributed by atoms with Crippen molar-refractivity contribution in [1.82, 2.24) is 4.90 Å². The number of ether oxygens (including phenoxy) is 1. The van der Waals surface area contributed by atoms with Gasteiger partial charge >= 0.3 is 12.1 Å². The van der Waals surface area contributed by atoms with Crippen molar-refractivity contribution in [2.45, 2.75) is 96.6 Å². The molecule has 2 aromatic carbocycles. The van der Waals surface area contributed by atoms with Gasteiger partial charge in [-0.25, -0.2) is 18.4 Å². The van der Waals surface area contributed by atoms with E-state index in [-0.39, 0.29) is 12.2 Å². The molecule has 0 N–H and O–H groups in total. The number of hydrogen-bond donors (Lipinski definition) is 0. The number of likely N-dealkylation sites (N-methyl/N-ethyl adjacent to an activating group) is 1. The summed E-state index contributed by atoms with van der Waals surface area (Å²) in [4.78, 5) is 51.7. The van der Waals surface area contributed by atoms with Gasteiger partial charge in [-0.1, -0.05) is 55.5 Å². The molecule has 2 aromatic rings. The van der Waals surface area contributed by atoms with Crippen LogP contribution in [0.4, 0.5) is 13.6 Å². The Morgan fingerprint density at radius 1 is 1.05 bits per heavy atom. The molecule has 7 nitrogen and oxygen atoms in total. The van der Waals surface area contributed by atoms with E-state index in [2.05, 4.69) is 0 Å². The molecule has 2 unspecified atom stereocenters. The van der Waals surface area contributed by atoms with Gasteiger partial charge in [0.1, 0.15) is 30.0 Å². The topological polar surface area (TPSA) is 82.1 Å². The van der Waals surface area contributed by atoms with Gasteiger partial charge in [-0.2, -0.15) is 4.89 Å². The molecule has 3 atom stereocenters. The van der Waals surface area contributed by atoms with Crippen LogP contribution in [0.15, 0.2) is 54.6 Å². The van der Waals surface area contributed by atoms with E-state index in [9.17, 15) is 14.4 Å². The maximum atomic E-state index is 16.5. The molecule has 0 radical (unpaired) electrons. The summed E-state index contributed by atoms with van der Waals surface area (Å²) < 4.78 is 37.9. The van der Waals surface area contributed by atoms with Crippen LogP contribution in [0.25, 0.3) is 5.57 Å². The van der Waals surface area contributed by atoms with Gasteiger partial charge in [0.05, 0.1) is 5.92 Å². The van der Waals surface area contributed by atoms with Crippen molar-refractivity contribution in [1.29, 1.82) is 0 Å². The number of alkyl halides is 1. The van der Waals surface area contributed by atoms with Crippen LogP contribution in [0.1, 0.15) is 89.8 Å². The van der Waals surface area contributed by atoms with Crippen LogP contribution in [0.2, 0.25) is 0 Å². The lowest BCUT2D eigenvalue weighted by molar-refractivity contribution is -0.291. The summed E-state index contributed by atoms with van der Waals surface area (Å²) in [6.45, 7) is 8.56. The number of halogens is 2. The van der Waals surface area contributed by atoms with Gasteiger partial charge in [-0.15, -0.1) is 0 Å². The monoisotopic (exact) mass is 599 g/mol. The van der Waals surface area contributed by atoms with E-state index in [0.717, 1.165) is 29.7 Å². The molecule has 234 valence electrons. The highest BCUT2D eigenvalue weighted by Crippen LogP contribution is 2.48. The molecular weight excluding hydrogens is 556 g/mol. The lowest BCUT2D eigenvalue weighted by Gasteiger charge is -2.49. The first-order valence-electron chi connectivity index (χ1n) is 14.6. The Hall–Kier alpha value is -3.59. The van der Waals surface area contributed by atoms with Crippen LogP contribution in [0.3, 0.4) is 0 Å². The van der Waals surface area contributed by atoms with Crippen LogP contribution in [-0.2, 0) is 30.7 Å². The fourth-order valence-corrected chi connectivity index (χ4v) is 5.81. The Balaban J connectivity index is 2.19. The van der Waals surface area contributed by atoms with E-state index >= 15 is 8.78 Å². The van der Waals surface area contributed by atoms with Gasteiger partial charge in [0, 0.05) is 18.5 Å². The standard InChI is InChI=1S/C34H43F2NO6/c1-23(21-38)34(37(7)31(40)42-32(2,3)4,30(39)43-41-22-24-14-10-8-11-15-24)29(33(5,6)36)26-18-19-27(28(35)20-26)25-16-12-9-13-17-25/h8,10-11,14-16,18-21,23,29H,9,12-13,17,22H2,1-7H3/t23?,29?,34-/m0/s1. The third-order valence-electron chi connectivity index (χ3n) is 7.74. The molecule has 0 saturated carbocycles. The highest BCUT2D eigenvalue weighted by atomic mass is 19.1. The first kappa shape index (κ1) is 33.9. The number of carbonyl (C=O) groups excluding carboxylic acids is 3. The van der Waals surface area contributed by atoms with Crippen molar-refractivity contribution in [3.8, 4) is 0 Å². The molecule has 0 spiro atoms. The number of hydrogen-bond acceptors (Lipinski definition) is 6. The number of rotatable bonds is 11. The highest BCUT2D eigenvalue weighted by molar-refractivity contribution is 5.90. The van der Waals surface area contributed by atoms with Gasteiger partial charge in [0.2, 0.25) is 0 Å². The maximum Gasteiger partial charge on any atom is 0.411 e. The number of allylic oxidation sites excluding steroid dienone is 2. The summed E-state index contributed by atoms with van der Waals surface area (Å²) in [5, 5.41) is 0. The van der Waals surface area contributed by atoms with E-state index in [1.54, 1.807) is 51.1 Å². The van der Waals surface area contributed by atoms with Crippen molar-refractivity contribution in [2.24, 2.45) is 5.92 Å². The van der Waals surface area contributed by atoms with Crippen molar-refractivity contribution in [3.05, 3.63) is 77.1 Å². The average Bonchev–Trinajstić information content (AvgIpc) is 2.94. The second-order valence-corrected chi connectivity index (χ2v) is 12.6. The zero-order valence-electron chi connectivity index (χ0n) is 26.1. The Kier molecular flexibility index (Phi) is 10.9. The molecule has 0 aromatic heterocycles. The van der Waals surface area contributed by atoms with Gasteiger partial charge in [-0.05, 0) is 83.1 Å². The zero-order chi connectivity index (χ0) is 32.0. The Bertz CT molecular complexity index is 1310. The fraction of sp³-hybridized carbons (Fsp3) is 0.500. The summed E-state index contributed by atoms with van der Waals surface area (Å²) in [6.07, 6.45) is 4.95. The average molecular weight is 600 g/mol. The highest BCUT2D eigenvalue weighted by Gasteiger charge is 2.62. The second-order valence-electron chi connectivity index (χ2n) is 12.6. The summed E-state index contributed by atoms with van der Waals surface area (Å²) in [6, 6.07) is 13.1. The number of amides is 1. The predicted molar refractivity (Wildman–Crippen MR) is 160 cm³/mol. The lowest BCUT2D eigenvalue weighted by Crippen LogP contribution is -2.67. The number of benzene rings is 2. The van der Waals surface area contributed by atoms with Crippen molar-refractivity contribution in [2.75, 3.05) is 7.05 Å². The number of aldehydes is 1. The van der Waals surface area contributed by atoms with Crippen LogP contribution < -0.4 is 0 Å². The largest absolute Gasteiger partial charge is 0.444 e. The van der Waals surface area contributed by atoms with Crippen molar-refractivity contribution >= 4 is 23.9 Å². The van der Waals surface area contributed by atoms with Gasteiger partial charge in [0.15, 0.2) is 5.54 Å². The van der Waals surface area contributed by atoms with Crippen LogP contribution in [-0.4, -0.2) is 47.1 Å². The smallest absolute Gasteiger partial charge is 0.411 e. The quantitative estimate of drug-likeness (QED) is 0.149. The molecule has 1 aliphatic carbocycles. The van der Waals surface area contributed by atoms with Crippen LogP contribution in [0.5, 0.6) is 0 Å². The number of nitrogens with zero attached hydrogens (tertiary/aromatic N) is 1. The molecular formula is C34H43F2NO6. The molecule has 0 fully saturated rings. The molecule has 0 bridgehead atoms. The predicted octanol–water partition coefficient (Wildman–Crippen LogP) is 7.73. The molecule has 0 aliphatic heterocycles. The third kappa shape index (κ3) is 7.88. The summed E-state index contributed by atoms with van der Waals surface area (Å²) >= 11 is 0. The Morgan fingerprint density at radius 3 is 2.26 bits per heavy atom. The third-order valence-corrected chi connectivity index (χ3v) is 7.74. The van der Waals surface area contributed by atoms with Crippen molar-refractivity contribution in [3.63, 3.8) is 0 Å². The van der Waals surface area contributed by atoms with Crippen molar-refractivity contribution < 1.29 is 37.7 Å². The van der Waals surface area contributed by atoms with Crippen LogP contribution in [0, 0.1) is 11.7 Å². The van der Waals surface area contributed by atoms with Gasteiger partial charge in [-0.3, -0.25) is 9.79 Å².